The van der Waals surface area contributed by atoms with E-state index in [1.807, 2.05) is 32.3 Å². The van der Waals surface area contributed by atoms with Crippen molar-refractivity contribution < 1.29 is 4.79 Å². The summed E-state index contributed by atoms with van der Waals surface area (Å²) in [4.78, 5) is 15.5. The summed E-state index contributed by atoms with van der Waals surface area (Å²) in [6, 6.07) is 8.17. The molecule has 0 spiro atoms. The second kappa shape index (κ2) is 7.03. The Bertz CT molecular complexity index is 634. The molecule has 0 aromatic heterocycles. The zero-order valence-electron chi connectivity index (χ0n) is 13.5. The van der Waals surface area contributed by atoms with E-state index in [0.29, 0.717) is 9.23 Å². The Hall–Kier alpha value is -1.37. The monoisotopic (exact) mass is 347 g/mol. The summed E-state index contributed by atoms with van der Waals surface area (Å²) >= 11 is 6.82. The summed E-state index contributed by atoms with van der Waals surface area (Å²) in [7, 11) is 4.03. The lowest BCUT2D eigenvalue weighted by atomic mass is 10.1. The van der Waals surface area contributed by atoms with Crippen molar-refractivity contribution in [3.05, 3.63) is 34.7 Å². The zero-order chi connectivity index (χ0) is 16.4. The van der Waals surface area contributed by atoms with Crippen LogP contribution < -0.4 is 4.90 Å². The molecule has 4 nitrogen and oxygen atoms in total. The van der Waals surface area contributed by atoms with E-state index in [0.717, 1.165) is 37.2 Å². The van der Waals surface area contributed by atoms with Crippen LogP contribution in [-0.2, 0) is 4.79 Å². The smallest absolute Gasteiger partial charge is 0.280 e. The molecule has 0 saturated carbocycles. The maximum Gasteiger partial charge on any atom is 0.280 e. The highest BCUT2D eigenvalue weighted by Crippen LogP contribution is 2.34. The lowest BCUT2D eigenvalue weighted by Crippen LogP contribution is -2.47. The van der Waals surface area contributed by atoms with Crippen LogP contribution in [0.3, 0.4) is 0 Å². The minimum atomic E-state index is 0.0126. The van der Waals surface area contributed by atoms with Gasteiger partial charge in [0.2, 0.25) is 0 Å². The highest BCUT2D eigenvalue weighted by molar-refractivity contribution is 8.26. The average Bonchev–Trinajstić information content (AvgIpc) is 2.82. The van der Waals surface area contributed by atoms with Gasteiger partial charge < -0.3 is 4.90 Å². The molecule has 0 aliphatic carbocycles. The molecule has 23 heavy (non-hydrogen) atoms. The van der Waals surface area contributed by atoms with E-state index in [1.165, 1.54) is 18.2 Å². The first-order chi connectivity index (χ1) is 11.1. The first-order valence-electron chi connectivity index (χ1n) is 7.86. The molecular formula is C17H21N3OS2. The second-order valence-electron chi connectivity index (χ2n) is 5.99. The fourth-order valence-corrected chi connectivity index (χ4v) is 4.11. The summed E-state index contributed by atoms with van der Waals surface area (Å²) in [5, 5.41) is 3.79. The molecule has 2 aliphatic heterocycles. The second-order valence-corrected chi connectivity index (χ2v) is 7.67. The predicted molar refractivity (Wildman–Crippen MR) is 101 cm³/mol. The van der Waals surface area contributed by atoms with Crippen LogP contribution in [0.4, 0.5) is 5.69 Å². The van der Waals surface area contributed by atoms with Gasteiger partial charge in [0, 0.05) is 32.9 Å². The molecule has 1 amide bonds. The van der Waals surface area contributed by atoms with Gasteiger partial charge in [0.25, 0.3) is 5.91 Å². The van der Waals surface area contributed by atoms with E-state index in [9.17, 15) is 4.79 Å². The Morgan fingerprint density at radius 3 is 2.39 bits per heavy atom. The number of carbonyl (C=O) groups is 1. The molecule has 2 fully saturated rings. The van der Waals surface area contributed by atoms with Crippen LogP contribution in [0, 0.1) is 0 Å². The molecule has 0 unspecified atom stereocenters. The molecule has 2 aliphatic rings. The number of hydrogen-bond donors (Lipinski definition) is 0. The minimum absolute atomic E-state index is 0.0126. The molecule has 2 saturated heterocycles. The quantitative estimate of drug-likeness (QED) is 0.617. The fraction of sp³-hybridized carbons (Fsp3) is 0.412. The Balaban J connectivity index is 1.78. The number of carbonyl (C=O) groups excluding carboxylic acids is 1. The van der Waals surface area contributed by atoms with Crippen molar-refractivity contribution in [1.82, 2.24) is 10.0 Å². The Kier molecular flexibility index (Phi) is 5.04. The van der Waals surface area contributed by atoms with Gasteiger partial charge in [-0.25, -0.2) is 10.0 Å². The summed E-state index contributed by atoms with van der Waals surface area (Å²) in [5.74, 6) is 0.0126. The normalized spacial score (nSPS) is 21.3. The van der Waals surface area contributed by atoms with Crippen LogP contribution >= 0.6 is 24.0 Å². The maximum atomic E-state index is 12.7. The molecule has 122 valence electrons. The van der Waals surface area contributed by atoms with Crippen LogP contribution in [0.5, 0.6) is 0 Å². The molecule has 1 aromatic carbocycles. The first-order valence-corrected chi connectivity index (χ1v) is 9.09. The molecule has 0 atom stereocenters. The van der Waals surface area contributed by atoms with Gasteiger partial charge in [-0.15, -0.1) is 0 Å². The Morgan fingerprint density at radius 1 is 1.13 bits per heavy atom. The molecule has 2 heterocycles. The van der Waals surface area contributed by atoms with Gasteiger partial charge in [-0.3, -0.25) is 4.79 Å². The molecular weight excluding hydrogens is 326 g/mol. The predicted octanol–water partition coefficient (Wildman–Crippen LogP) is 3.35. The highest BCUT2D eigenvalue weighted by atomic mass is 32.2. The number of thioether (sulfide) groups is 1. The van der Waals surface area contributed by atoms with Gasteiger partial charge in [-0.1, -0.05) is 42.5 Å². The van der Waals surface area contributed by atoms with Crippen LogP contribution in [0.2, 0.25) is 0 Å². The number of hydrogen-bond acceptors (Lipinski definition) is 5. The van der Waals surface area contributed by atoms with Gasteiger partial charge in [-0.2, -0.15) is 0 Å². The van der Waals surface area contributed by atoms with Gasteiger partial charge >= 0.3 is 0 Å². The summed E-state index contributed by atoms with van der Waals surface area (Å²) in [6.07, 6.45) is 5.42. The van der Waals surface area contributed by atoms with Crippen LogP contribution in [0.15, 0.2) is 29.2 Å². The van der Waals surface area contributed by atoms with Crippen molar-refractivity contribution in [3.63, 3.8) is 0 Å². The number of anilines is 1. The first kappa shape index (κ1) is 16.5. The molecule has 1 aromatic rings. The van der Waals surface area contributed by atoms with Crippen molar-refractivity contribution >= 4 is 46.0 Å². The number of piperidine rings is 1. The molecule has 6 heteroatoms. The van der Waals surface area contributed by atoms with Crippen molar-refractivity contribution in [3.8, 4) is 0 Å². The number of thiocarbonyl (C=S) groups is 1. The van der Waals surface area contributed by atoms with Crippen LogP contribution in [0.1, 0.15) is 24.8 Å². The van der Waals surface area contributed by atoms with E-state index in [4.69, 9.17) is 12.2 Å². The van der Waals surface area contributed by atoms with Crippen molar-refractivity contribution in [2.45, 2.75) is 19.3 Å². The lowest BCUT2D eigenvalue weighted by Gasteiger charge is -2.33. The van der Waals surface area contributed by atoms with Crippen molar-refractivity contribution in [2.24, 2.45) is 0 Å². The van der Waals surface area contributed by atoms with Gasteiger partial charge in [0.15, 0.2) is 4.32 Å². The van der Waals surface area contributed by atoms with Crippen LogP contribution in [-0.4, -0.2) is 47.4 Å². The molecule has 0 bridgehead atoms. The van der Waals surface area contributed by atoms with E-state index in [-0.39, 0.29) is 5.91 Å². The lowest BCUT2D eigenvalue weighted by molar-refractivity contribution is -0.134. The molecule has 0 radical (unpaired) electrons. The highest BCUT2D eigenvalue weighted by Gasteiger charge is 2.36. The van der Waals surface area contributed by atoms with Crippen molar-refractivity contribution in [2.75, 3.05) is 32.1 Å². The fourth-order valence-electron chi connectivity index (χ4n) is 2.80. The zero-order valence-corrected chi connectivity index (χ0v) is 15.1. The largest absolute Gasteiger partial charge is 0.378 e. The topological polar surface area (TPSA) is 26.8 Å². The molecule has 0 N–H and O–H groups in total. The third kappa shape index (κ3) is 3.59. The third-order valence-corrected chi connectivity index (χ3v) is 5.38. The Labute approximate surface area is 147 Å². The van der Waals surface area contributed by atoms with Gasteiger partial charge in [-0.05, 0) is 36.6 Å². The van der Waals surface area contributed by atoms with Gasteiger partial charge in [0.05, 0.1) is 4.91 Å². The summed E-state index contributed by atoms with van der Waals surface area (Å²) < 4.78 is 0.646. The maximum absolute atomic E-state index is 12.7. The standard InChI is InChI=1S/C17H21N3OS2/c1-18(2)14-8-6-13(7-9-14)12-15-16(21)20(17(22)23-15)19-10-4-3-5-11-19/h6-9,12H,3-5,10-11H2,1-2H3. The number of rotatable bonds is 3. The summed E-state index contributed by atoms with van der Waals surface area (Å²) in [5.41, 5.74) is 2.16. The number of amides is 1. The van der Waals surface area contributed by atoms with Crippen LogP contribution in [0.25, 0.3) is 6.08 Å². The minimum Gasteiger partial charge on any atom is -0.378 e. The Morgan fingerprint density at radius 2 is 1.78 bits per heavy atom. The van der Waals surface area contributed by atoms with Gasteiger partial charge in [0.1, 0.15) is 0 Å². The van der Waals surface area contributed by atoms with E-state index >= 15 is 0 Å². The molecule has 3 rings (SSSR count). The average molecular weight is 348 g/mol. The van der Waals surface area contributed by atoms with E-state index < -0.39 is 0 Å². The van der Waals surface area contributed by atoms with E-state index in [1.54, 1.807) is 5.01 Å². The van der Waals surface area contributed by atoms with Crippen molar-refractivity contribution in [1.29, 1.82) is 0 Å². The SMILES string of the molecule is CN(C)c1ccc(C=C2SC(=S)N(N3CCCCC3)C2=O)cc1. The third-order valence-electron chi connectivity index (χ3n) is 4.10. The number of benzene rings is 1. The summed E-state index contributed by atoms with van der Waals surface area (Å²) in [6.45, 7) is 1.83. The number of nitrogens with zero attached hydrogens (tertiary/aromatic N) is 3. The number of hydrazine groups is 1. The van der Waals surface area contributed by atoms with E-state index in [2.05, 4.69) is 22.0 Å².